The lowest BCUT2D eigenvalue weighted by molar-refractivity contribution is -0.181. The fourth-order valence-corrected chi connectivity index (χ4v) is 12.0. The van der Waals surface area contributed by atoms with E-state index in [2.05, 4.69) is 69.1 Å². The molecule has 4 heterocycles. The van der Waals surface area contributed by atoms with Crippen LogP contribution in [-0.2, 0) is 25.5 Å². The summed E-state index contributed by atoms with van der Waals surface area (Å²) in [6.45, 7) is 17.0. The number of aliphatic hydroxyl groups excluding tert-OH is 1. The van der Waals surface area contributed by atoms with Gasteiger partial charge in [-0.25, -0.2) is 4.79 Å². The van der Waals surface area contributed by atoms with Crippen molar-refractivity contribution < 1.29 is 43.2 Å². The minimum Gasteiger partial charge on any atom is -0.482 e. The first-order valence-electron chi connectivity index (χ1n) is 23.1. The van der Waals surface area contributed by atoms with Gasteiger partial charge in [0.25, 0.3) is 0 Å². The Morgan fingerprint density at radius 1 is 1.00 bits per heavy atom. The van der Waals surface area contributed by atoms with Crippen molar-refractivity contribution in [2.75, 3.05) is 40.1 Å². The molecule has 2 aromatic carbocycles. The molecule has 1 saturated heterocycles. The van der Waals surface area contributed by atoms with E-state index in [9.17, 15) is 9.90 Å². The molecule has 1 spiro atoms. The van der Waals surface area contributed by atoms with E-state index in [-0.39, 0.29) is 43.8 Å². The molecular formula is C53H63N3O9. The van der Waals surface area contributed by atoms with Gasteiger partial charge in [-0.2, -0.15) is 0 Å². The smallest absolute Gasteiger partial charge is 0.333 e. The summed E-state index contributed by atoms with van der Waals surface area (Å²) < 4.78 is 34.6. The first-order valence-corrected chi connectivity index (χ1v) is 23.1. The van der Waals surface area contributed by atoms with Crippen LogP contribution < -0.4 is 25.3 Å². The van der Waals surface area contributed by atoms with Crippen molar-refractivity contribution >= 4 is 35.0 Å². The number of nitrogens with one attached hydrogen (secondary N) is 1. The summed E-state index contributed by atoms with van der Waals surface area (Å²) >= 11 is 0. The van der Waals surface area contributed by atoms with Crippen LogP contribution in [0.4, 0.5) is 0 Å². The lowest BCUT2D eigenvalue weighted by atomic mass is 9.44. The van der Waals surface area contributed by atoms with E-state index in [1.54, 1.807) is 13.0 Å². The van der Waals surface area contributed by atoms with Gasteiger partial charge in [-0.3, -0.25) is 14.9 Å². The molecule has 4 fully saturated rings. The van der Waals surface area contributed by atoms with Crippen LogP contribution in [0.3, 0.4) is 0 Å². The quantitative estimate of drug-likeness (QED) is 0.0529. The molecule has 0 aromatic heterocycles. The SMILES string of the molecule is COC(=O)/C(C)=C\CC12OC(C)(C)C3CC(C1=O)C1C4=C(c5ccccc5C4=O)N(CCN)C4=C1C32Oc1c(CC=C(C)C)c2c(c(OCNCCO)c14)C=CC(C)(CCC=C(C)C)O2. The predicted octanol–water partition coefficient (Wildman–Crippen LogP) is 7.64. The number of hydrogen-bond acceptors (Lipinski definition) is 12. The number of methoxy groups -OCH3 is 1. The number of aliphatic hydroxyl groups is 1. The summed E-state index contributed by atoms with van der Waals surface area (Å²) in [4.78, 5) is 46.2. The molecule has 8 aliphatic rings. The molecule has 2 aromatic rings. The lowest BCUT2D eigenvalue weighted by Crippen LogP contribution is -2.75. The number of fused-ring (bicyclic) bond motifs is 5. The molecule has 65 heavy (non-hydrogen) atoms. The van der Waals surface area contributed by atoms with Crippen molar-refractivity contribution in [1.82, 2.24) is 10.2 Å². The van der Waals surface area contributed by atoms with E-state index in [4.69, 9.17) is 29.4 Å². The van der Waals surface area contributed by atoms with Gasteiger partial charge in [0.05, 0.1) is 41.8 Å². The Morgan fingerprint density at radius 3 is 2.43 bits per heavy atom. The van der Waals surface area contributed by atoms with Crippen molar-refractivity contribution in [3.05, 3.63) is 104 Å². The van der Waals surface area contributed by atoms with Gasteiger partial charge in [0.1, 0.15) is 29.6 Å². The van der Waals surface area contributed by atoms with Gasteiger partial charge in [-0.05, 0) is 93.2 Å². The predicted molar refractivity (Wildman–Crippen MR) is 249 cm³/mol. The normalized spacial score (nSPS) is 28.2. The van der Waals surface area contributed by atoms with Crippen molar-refractivity contribution in [3.8, 4) is 17.2 Å². The topological polar surface area (TPSA) is 159 Å². The van der Waals surface area contributed by atoms with Crippen molar-refractivity contribution in [2.45, 2.75) is 110 Å². The number of carbonyl (C=O) groups excluding carboxylic acids is 3. The van der Waals surface area contributed by atoms with Crippen LogP contribution in [0.25, 0.3) is 17.5 Å². The van der Waals surface area contributed by atoms with Gasteiger partial charge in [0, 0.05) is 77.2 Å². The molecule has 4 aliphatic heterocycles. The van der Waals surface area contributed by atoms with Gasteiger partial charge >= 0.3 is 5.97 Å². The Labute approximate surface area is 382 Å². The van der Waals surface area contributed by atoms with E-state index in [0.29, 0.717) is 71.9 Å². The lowest BCUT2D eigenvalue weighted by Gasteiger charge is -2.63. The Kier molecular flexibility index (Phi) is 11.2. The average Bonchev–Trinajstić information content (AvgIpc) is 3.64. The second-order valence-electron chi connectivity index (χ2n) is 19.9. The zero-order valence-electron chi connectivity index (χ0n) is 39.2. The molecule has 0 radical (unpaired) electrons. The van der Waals surface area contributed by atoms with Gasteiger partial charge in [0.15, 0.2) is 22.8 Å². The van der Waals surface area contributed by atoms with Crippen LogP contribution in [0.2, 0.25) is 0 Å². The van der Waals surface area contributed by atoms with Crippen molar-refractivity contribution in [3.63, 3.8) is 0 Å². The third-order valence-corrected chi connectivity index (χ3v) is 14.7. The summed E-state index contributed by atoms with van der Waals surface area (Å²) in [7, 11) is 1.34. The number of Topliss-reactive ketones (excluding diaryl/α,β-unsaturated/α-hetero) is 2. The number of ether oxygens (including phenoxy) is 5. The van der Waals surface area contributed by atoms with Gasteiger partial charge in [-0.1, -0.05) is 53.6 Å². The van der Waals surface area contributed by atoms with Crippen LogP contribution in [0.1, 0.15) is 114 Å². The number of benzene rings is 2. The van der Waals surface area contributed by atoms with Crippen LogP contribution >= 0.6 is 0 Å². The fourth-order valence-electron chi connectivity index (χ4n) is 12.0. The highest BCUT2D eigenvalue weighted by Crippen LogP contribution is 2.75. The number of rotatable bonds is 15. The highest BCUT2D eigenvalue weighted by atomic mass is 16.6. The van der Waals surface area contributed by atoms with Gasteiger partial charge in [-0.15, -0.1) is 0 Å². The molecule has 4 N–H and O–H groups in total. The third-order valence-electron chi connectivity index (χ3n) is 14.7. The van der Waals surface area contributed by atoms with Crippen LogP contribution in [0.15, 0.2) is 76.4 Å². The number of esters is 1. The number of nitrogens with zero attached hydrogens (tertiary/aromatic N) is 1. The number of nitrogens with two attached hydrogens (primary N) is 1. The number of allylic oxidation sites excluding steroid dienone is 5. The minimum absolute atomic E-state index is 0.0311. The molecule has 6 atom stereocenters. The molecular weight excluding hydrogens is 823 g/mol. The summed E-state index contributed by atoms with van der Waals surface area (Å²) in [5.74, 6) is -0.763. The molecule has 12 nitrogen and oxygen atoms in total. The molecule has 10 rings (SSSR count). The Hall–Kier alpha value is -5.27. The Balaban J connectivity index is 1.41. The monoisotopic (exact) mass is 885 g/mol. The van der Waals surface area contributed by atoms with E-state index in [1.165, 1.54) is 12.7 Å². The Bertz CT molecular complexity index is 2590. The molecule has 4 aliphatic carbocycles. The average molecular weight is 886 g/mol. The molecule has 3 saturated carbocycles. The van der Waals surface area contributed by atoms with E-state index in [1.807, 2.05) is 38.1 Å². The fraction of sp³-hybridized carbons (Fsp3) is 0.491. The zero-order chi connectivity index (χ0) is 46.4. The second-order valence-corrected chi connectivity index (χ2v) is 19.9. The first-order chi connectivity index (χ1) is 31.0. The molecule has 12 heteroatoms. The Morgan fingerprint density at radius 2 is 1.74 bits per heavy atom. The number of hydrogen-bond donors (Lipinski definition) is 3. The maximum atomic E-state index is 15.9. The van der Waals surface area contributed by atoms with Crippen LogP contribution in [0, 0.1) is 17.8 Å². The maximum Gasteiger partial charge on any atom is 0.333 e. The third kappa shape index (κ3) is 6.56. The van der Waals surface area contributed by atoms with E-state index >= 15 is 9.59 Å². The van der Waals surface area contributed by atoms with Crippen LogP contribution in [0.5, 0.6) is 17.2 Å². The number of ketones is 2. The molecule has 0 amide bonds. The maximum absolute atomic E-state index is 15.9. The standard InChI is InChI=1S/C53H63N3O9/c1-29(2)13-12-20-51(8)21-19-35-45(63-51)34(17-16-30(3)4)47-40(46(35)62-28-55-24-26-57)43-41-38(39-42(56(43)25-23-54)32-14-10-11-15-33(32)44(39)58)36-27-37-50(6,7)65-52(48(36)59,53(37,41)64-47)22-18-31(5)49(60)61-9/h10-11,13-16,18-19,21,36-38,55,57H,12,17,20,22-28,54H2,1-9H3/b31-18-. The summed E-state index contributed by atoms with van der Waals surface area (Å²) in [5, 5.41) is 13.0. The zero-order valence-corrected chi connectivity index (χ0v) is 39.2. The van der Waals surface area contributed by atoms with E-state index in [0.717, 1.165) is 45.7 Å². The van der Waals surface area contributed by atoms with Gasteiger partial charge < -0.3 is 39.4 Å². The van der Waals surface area contributed by atoms with Crippen LogP contribution in [-0.4, -0.2) is 90.0 Å². The highest BCUT2D eigenvalue weighted by molar-refractivity contribution is 6.23. The molecule has 4 bridgehead atoms. The van der Waals surface area contributed by atoms with E-state index < -0.39 is 40.2 Å². The highest BCUT2D eigenvalue weighted by Gasteiger charge is 2.84. The summed E-state index contributed by atoms with van der Waals surface area (Å²) in [5.41, 5.74) is 11.2. The summed E-state index contributed by atoms with van der Waals surface area (Å²) in [6, 6.07) is 7.67. The first kappa shape index (κ1) is 44.9. The van der Waals surface area contributed by atoms with Crippen molar-refractivity contribution in [2.24, 2.45) is 23.5 Å². The van der Waals surface area contributed by atoms with Crippen molar-refractivity contribution in [1.29, 1.82) is 0 Å². The minimum atomic E-state index is -1.61. The second kappa shape index (κ2) is 16.3. The molecule has 344 valence electrons. The summed E-state index contributed by atoms with van der Waals surface area (Å²) in [6.07, 6.45) is 12.8. The largest absolute Gasteiger partial charge is 0.482 e. The van der Waals surface area contributed by atoms with Gasteiger partial charge in [0.2, 0.25) is 0 Å². The molecule has 6 unspecified atom stereocenters. The number of carbonyl (C=O) groups is 3.